The molecule has 0 aromatic carbocycles. The van der Waals surface area contributed by atoms with Gasteiger partial charge in [0.1, 0.15) is 5.76 Å². The summed E-state index contributed by atoms with van der Waals surface area (Å²) in [5, 5.41) is 14.3. The van der Waals surface area contributed by atoms with Crippen LogP contribution in [0.3, 0.4) is 0 Å². The van der Waals surface area contributed by atoms with E-state index < -0.39 is 5.97 Å². The lowest BCUT2D eigenvalue weighted by Gasteiger charge is -2.02. The van der Waals surface area contributed by atoms with E-state index in [0.717, 1.165) is 5.56 Å². The van der Waals surface area contributed by atoms with Crippen LogP contribution in [0.25, 0.3) is 0 Å². The Bertz CT molecular complexity index is 412. The molecule has 0 aliphatic heterocycles. The van der Waals surface area contributed by atoms with E-state index in [4.69, 9.17) is 9.52 Å². The average Bonchev–Trinajstić information content (AvgIpc) is 2.66. The first-order valence-corrected chi connectivity index (χ1v) is 5.28. The van der Waals surface area contributed by atoms with Crippen molar-refractivity contribution in [1.29, 1.82) is 0 Å². The van der Waals surface area contributed by atoms with Crippen LogP contribution in [0.15, 0.2) is 10.5 Å². The Balaban J connectivity index is 2.41. The van der Waals surface area contributed by atoms with Gasteiger partial charge in [-0.3, -0.25) is 4.79 Å². The number of aryl methyl sites for hydroxylation is 1. The maximum atomic E-state index is 10.9. The van der Waals surface area contributed by atoms with Crippen molar-refractivity contribution in [2.24, 2.45) is 0 Å². The van der Waals surface area contributed by atoms with Gasteiger partial charge in [0.15, 0.2) is 0 Å². The van der Waals surface area contributed by atoms with Gasteiger partial charge in [-0.25, -0.2) is 4.79 Å². The summed E-state index contributed by atoms with van der Waals surface area (Å²) >= 11 is 0. The number of nitrogens with one attached hydrogen (secondary N) is 2. The molecule has 17 heavy (non-hydrogen) atoms. The van der Waals surface area contributed by atoms with Gasteiger partial charge in [-0.2, -0.15) is 0 Å². The lowest BCUT2D eigenvalue weighted by Crippen LogP contribution is -2.24. The summed E-state index contributed by atoms with van der Waals surface area (Å²) in [6.07, 6.45) is 0.388. The summed E-state index contributed by atoms with van der Waals surface area (Å²) < 4.78 is 5.06. The summed E-state index contributed by atoms with van der Waals surface area (Å²) in [6, 6.07) is 1.49. The van der Waals surface area contributed by atoms with Crippen molar-refractivity contribution in [1.82, 2.24) is 10.6 Å². The number of aromatic carboxylic acids is 1. The van der Waals surface area contributed by atoms with Crippen molar-refractivity contribution < 1.29 is 19.1 Å². The van der Waals surface area contributed by atoms with Crippen molar-refractivity contribution in [2.45, 2.75) is 19.9 Å². The molecule has 0 unspecified atom stereocenters. The third-order valence-corrected chi connectivity index (χ3v) is 2.35. The maximum Gasteiger partial charge on any atom is 0.371 e. The molecule has 0 bridgehead atoms. The van der Waals surface area contributed by atoms with E-state index in [1.807, 2.05) is 0 Å². The fourth-order valence-corrected chi connectivity index (χ4v) is 1.35. The fraction of sp³-hybridized carbons (Fsp3) is 0.455. The summed E-state index contributed by atoms with van der Waals surface area (Å²) in [7, 11) is 1.59. The number of amides is 1. The monoisotopic (exact) mass is 240 g/mol. The van der Waals surface area contributed by atoms with E-state index in [1.165, 1.54) is 6.07 Å². The Labute approximate surface area is 99.0 Å². The van der Waals surface area contributed by atoms with Crippen LogP contribution in [0.2, 0.25) is 0 Å². The minimum absolute atomic E-state index is 0.0346. The normalized spacial score (nSPS) is 10.2. The van der Waals surface area contributed by atoms with Gasteiger partial charge >= 0.3 is 5.97 Å². The third kappa shape index (κ3) is 3.92. The molecule has 0 saturated carbocycles. The zero-order chi connectivity index (χ0) is 12.8. The lowest BCUT2D eigenvalue weighted by atomic mass is 10.2. The van der Waals surface area contributed by atoms with E-state index in [0.29, 0.717) is 25.3 Å². The van der Waals surface area contributed by atoms with Gasteiger partial charge in [-0.15, -0.1) is 0 Å². The molecule has 0 saturated heterocycles. The molecule has 0 fully saturated rings. The van der Waals surface area contributed by atoms with Gasteiger partial charge < -0.3 is 20.2 Å². The largest absolute Gasteiger partial charge is 0.475 e. The molecule has 94 valence electrons. The van der Waals surface area contributed by atoms with Gasteiger partial charge in [-0.05, 0) is 13.0 Å². The second-order valence-electron chi connectivity index (χ2n) is 3.60. The van der Waals surface area contributed by atoms with Crippen LogP contribution in [-0.2, 0) is 11.3 Å². The van der Waals surface area contributed by atoms with E-state index in [1.54, 1.807) is 14.0 Å². The predicted molar refractivity (Wildman–Crippen MR) is 60.8 cm³/mol. The first kappa shape index (κ1) is 13.2. The molecule has 1 aromatic rings. The SMILES string of the molecule is CNC(=O)CCNCc1cc(C(=O)O)oc1C. The molecule has 0 aliphatic rings. The van der Waals surface area contributed by atoms with Crippen LogP contribution in [0.5, 0.6) is 0 Å². The molecule has 1 heterocycles. The van der Waals surface area contributed by atoms with E-state index in [9.17, 15) is 9.59 Å². The van der Waals surface area contributed by atoms with Crippen molar-refractivity contribution >= 4 is 11.9 Å². The van der Waals surface area contributed by atoms with Crippen LogP contribution >= 0.6 is 0 Å². The topological polar surface area (TPSA) is 91.6 Å². The number of carbonyl (C=O) groups excluding carboxylic acids is 1. The second-order valence-corrected chi connectivity index (χ2v) is 3.60. The second kappa shape index (κ2) is 6.05. The molecule has 1 rings (SSSR count). The van der Waals surface area contributed by atoms with Crippen molar-refractivity contribution in [3.8, 4) is 0 Å². The quantitative estimate of drug-likeness (QED) is 0.630. The number of carboxylic acids is 1. The first-order chi connectivity index (χ1) is 8.04. The smallest absolute Gasteiger partial charge is 0.371 e. The van der Waals surface area contributed by atoms with Gasteiger partial charge in [0.2, 0.25) is 11.7 Å². The number of furan rings is 1. The van der Waals surface area contributed by atoms with E-state index >= 15 is 0 Å². The summed E-state index contributed by atoms with van der Waals surface area (Å²) in [4.78, 5) is 21.6. The fourth-order valence-electron chi connectivity index (χ4n) is 1.35. The van der Waals surface area contributed by atoms with Gasteiger partial charge in [0, 0.05) is 32.1 Å². The van der Waals surface area contributed by atoms with Crippen molar-refractivity contribution in [3.63, 3.8) is 0 Å². The van der Waals surface area contributed by atoms with Crippen LogP contribution in [0.4, 0.5) is 0 Å². The molecule has 1 amide bonds. The molecule has 6 heteroatoms. The first-order valence-electron chi connectivity index (χ1n) is 5.28. The number of carboxylic acid groups (broad SMARTS) is 1. The van der Waals surface area contributed by atoms with E-state index in [2.05, 4.69) is 10.6 Å². The molecule has 0 radical (unpaired) electrons. The van der Waals surface area contributed by atoms with Crippen molar-refractivity contribution in [3.05, 3.63) is 23.2 Å². The minimum atomic E-state index is -1.08. The highest BCUT2D eigenvalue weighted by molar-refractivity contribution is 5.84. The Morgan fingerprint density at radius 2 is 2.18 bits per heavy atom. The third-order valence-electron chi connectivity index (χ3n) is 2.35. The molecular weight excluding hydrogens is 224 g/mol. The minimum Gasteiger partial charge on any atom is -0.475 e. The summed E-state index contributed by atoms with van der Waals surface area (Å²) in [5.74, 6) is -0.599. The van der Waals surface area contributed by atoms with Crippen LogP contribution in [-0.4, -0.2) is 30.6 Å². The highest BCUT2D eigenvalue weighted by Crippen LogP contribution is 2.14. The summed E-state index contributed by atoms with van der Waals surface area (Å²) in [5.41, 5.74) is 0.791. The van der Waals surface area contributed by atoms with E-state index in [-0.39, 0.29) is 11.7 Å². The molecule has 0 spiro atoms. The van der Waals surface area contributed by atoms with Crippen LogP contribution in [0.1, 0.15) is 28.3 Å². The molecule has 0 atom stereocenters. The molecule has 1 aromatic heterocycles. The lowest BCUT2D eigenvalue weighted by molar-refractivity contribution is -0.120. The molecule has 0 aliphatic carbocycles. The number of rotatable bonds is 6. The van der Waals surface area contributed by atoms with Gasteiger partial charge in [-0.1, -0.05) is 0 Å². The van der Waals surface area contributed by atoms with Gasteiger partial charge in [0.05, 0.1) is 0 Å². The van der Waals surface area contributed by atoms with Crippen LogP contribution in [0, 0.1) is 6.92 Å². The molecule has 3 N–H and O–H groups in total. The Morgan fingerprint density at radius 1 is 1.47 bits per heavy atom. The molecular formula is C11H16N2O4. The van der Waals surface area contributed by atoms with Crippen molar-refractivity contribution in [2.75, 3.05) is 13.6 Å². The number of carbonyl (C=O) groups is 2. The van der Waals surface area contributed by atoms with Gasteiger partial charge in [0.25, 0.3) is 0 Å². The zero-order valence-corrected chi connectivity index (χ0v) is 9.87. The average molecular weight is 240 g/mol. The molecule has 6 nitrogen and oxygen atoms in total. The van der Waals surface area contributed by atoms with Crippen LogP contribution < -0.4 is 10.6 Å². The Hall–Kier alpha value is -1.82. The number of hydrogen-bond donors (Lipinski definition) is 3. The summed E-state index contributed by atoms with van der Waals surface area (Å²) in [6.45, 7) is 2.73. The maximum absolute atomic E-state index is 10.9. The highest BCUT2D eigenvalue weighted by Gasteiger charge is 2.12. The Morgan fingerprint density at radius 3 is 2.71 bits per heavy atom. The Kier molecular flexibility index (Phi) is 4.71. The predicted octanol–water partition coefficient (Wildman–Crippen LogP) is 0.512. The standard InChI is InChI=1S/C11H16N2O4/c1-7-8(5-9(17-7)11(15)16)6-13-4-3-10(14)12-2/h5,13H,3-4,6H2,1-2H3,(H,12,14)(H,15,16). The highest BCUT2D eigenvalue weighted by atomic mass is 16.4. The zero-order valence-electron chi connectivity index (χ0n) is 9.87. The number of hydrogen-bond acceptors (Lipinski definition) is 4.